The molecule has 1 aromatic carbocycles. The Morgan fingerprint density at radius 1 is 1.29 bits per heavy atom. The molecule has 0 spiro atoms. The van der Waals surface area contributed by atoms with Crippen LogP contribution in [0.1, 0.15) is 18.9 Å². The minimum absolute atomic E-state index is 0.710. The highest BCUT2D eigenvalue weighted by atomic mass is 16.5. The van der Waals surface area contributed by atoms with Gasteiger partial charge in [-0.05, 0) is 18.1 Å². The van der Waals surface area contributed by atoms with Gasteiger partial charge in [-0.3, -0.25) is 0 Å². The van der Waals surface area contributed by atoms with Crippen LogP contribution in [0.4, 0.5) is 0 Å². The highest BCUT2D eigenvalue weighted by Gasteiger charge is 2.06. The van der Waals surface area contributed by atoms with Crippen molar-refractivity contribution in [2.75, 3.05) is 7.11 Å². The second-order valence-electron chi connectivity index (χ2n) is 3.45. The molecule has 3 nitrogen and oxygen atoms in total. The number of carboxylic acids is 1. The van der Waals surface area contributed by atoms with E-state index in [9.17, 15) is 4.79 Å². The number of allylic oxidation sites excluding steroid dienone is 2. The fraction of sp³-hybridized carbons (Fsp3) is 0.214. The number of carboxylic acid groups (broad SMARTS) is 1. The molecule has 1 rings (SSSR count). The smallest absolute Gasteiger partial charge is 0.328 e. The maximum absolute atomic E-state index is 10.5. The third-order valence-electron chi connectivity index (χ3n) is 2.34. The van der Waals surface area contributed by atoms with Crippen LogP contribution in [-0.2, 0) is 9.53 Å². The summed E-state index contributed by atoms with van der Waals surface area (Å²) in [5.74, 6) is -0.245. The fourth-order valence-electron chi connectivity index (χ4n) is 1.55. The van der Waals surface area contributed by atoms with Gasteiger partial charge in [-0.15, -0.1) is 0 Å². The van der Waals surface area contributed by atoms with E-state index in [-0.39, 0.29) is 0 Å². The first-order valence-corrected chi connectivity index (χ1v) is 5.42. The summed E-state index contributed by atoms with van der Waals surface area (Å²) in [4.78, 5) is 10.5. The SMILES string of the molecule is CCC(/C=C/C(=O)O)=C(\OC)c1ccccc1. The van der Waals surface area contributed by atoms with Gasteiger partial charge in [-0.25, -0.2) is 4.79 Å². The van der Waals surface area contributed by atoms with Crippen molar-refractivity contribution >= 4 is 11.7 Å². The summed E-state index contributed by atoms with van der Waals surface area (Å²) in [6.45, 7) is 1.96. The van der Waals surface area contributed by atoms with Crippen molar-refractivity contribution in [3.05, 3.63) is 53.6 Å². The predicted molar refractivity (Wildman–Crippen MR) is 67.4 cm³/mol. The number of carbonyl (C=O) groups is 1. The molecule has 0 fully saturated rings. The Labute approximate surface area is 101 Å². The molecule has 0 aliphatic rings. The second-order valence-corrected chi connectivity index (χ2v) is 3.45. The number of hydrogen-bond donors (Lipinski definition) is 1. The quantitative estimate of drug-likeness (QED) is 0.482. The lowest BCUT2D eigenvalue weighted by atomic mass is 10.1. The molecule has 0 saturated carbocycles. The molecular formula is C14H16O3. The number of ether oxygens (including phenoxy) is 1. The Morgan fingerprint density at radius 3 is 2.41 bits per heavy atom. The summed E-state index contributed by atoms with van der Waals surface area (Å²) in [7, 11) is 1.59. The van der Waals surface area contributed by atoms with Crippen LogP contribution in [0.2, 0.25) is 0 Å². The number of rotatable bonds is 5. The Balaban J connectivity index is 3.15. The third kappa shape index (κ3) is 3.79. The van der Waals surface area contributed by atoms with Crippen LogP contribution >= 0.6 is 0 Å². The van der Waals surface area contributed by atoms with Crippen LogP contribution in [-0.4, -0.2) is 18.2 Å². The molecule has 0 aliphatic heterocycles. The van der Waals surface area contributed by atoms with Crippen LogP contribution in [0.5, 0.6) is 0 Å². The summed E-state index contributed by atoms with van der Waals surface area (Å²) in [6, 6.07) is 9.63. The summed E-state index contributed by atoms with van der Waals surface area (Å²) in [6.07, 6.45) is 3.41. The molecule has 3 heteroatoms. The molecule has 0 radical (unpaired) electrons. The number of aliphatic carboxylic acids is 1. The van der Waals surface area contributed by atoms with E-state index in [0.29, 0.717) is 12.2 Å². The number of benzene rings is 1. The Morgan fingerprint density at radius 2 is 1.94 bits per heavy atom. The van der Waals surface area contributed by atoms with Gasteiger partial charge in [0, 0.05) is 11.6 Å². The summed E-state index contributed by atoms with van der Waals surface area (Å²) in [5.41, 5.74) is 1.81. The Kier molecular flexibility index (Phi) is 5.01. The monoisotopic (exact) mass is 232 g/mol. The lowest BCUT2D eigenvalue weighted by Gasteiger charge is -2.10. The number of methoxy groups -OCH3 is 1. The van der Waals surface area contributed by atoms with E-state index in [2.05, 4.69) is 0 Å². The molecule has 0 aliphatic carbocycles. The summed E-state index contributed by atoms with van der Waals surface area (Å²) < 4.78 is 5.36. The van der Waals surface area contributed by atoms with Crippen LogP contribution in [0, 0.1) is 0 Å². The zero-order valence-corrected chi connectivity index (χ0v) is 10.0. The van der Waals surface area contributed by atoms with Crippen molar-refractivity contribution in [3.63, 3.8) is 0 Å². The van der Waals surface area contributed by atoms with E-state index in [1.165, 1.54) is 0 Å². The fourth-order valence-corrected chi connectivity index (χ4v) is 1.55. The lowest BCUT2D eigenvalue weighted by molar-refractivity contribution is -0.131. The van der Waals surface area contributed by atoms with Crippen LogP contribution < -0.4 is 0 Å². The summed E-state index contributed by atoms with van der Waals surface area (Å²) in [5, 5.41) is 8.63. The van der Waals surface area contributed by atoms with Gasteiger partial charge in [0.2, 0.25) is 0 Å². The van der Waals surface area contributed by atoms with Gasteiger partial charge in [0.1, 0.15) is 5.76 Å². The van der Waals surface area contributed by atoms with E-state index in [1.54, 1.807) is 13.2 Å². The Bertz CT molecular complexity index is 430. The second kappa shape index (κ2) is 6.53. The van der Waals surface area contributed by atoms with Crippen LogP contribution in [0.3, 0.4) is 0 Å². The molecule has 1 aromatic rings. The van der Waals surface area contributed by atoms with Crippen molar-refractivity contribution in [1.82, 2.24) is 0 Å². The highest BCUT2D eigenvalue weighted by molar-refractivity contribution is 5.81. The molecule has 0 bridgehead atoms. The van der Waals surface area contributed by atoms with Gasteiger partial charge in [0.25, 0.3) is 0 Å². The minimum atomic E-state index is -0.959. The van der Waals surface area contributed by atoms with Crippen molar-refractivity contribution in [2.45, 2.75) is 13.3 Å². The summed E-state index contributed by atoms with van der Waals surface area (Å²) >= 11 is 0. The maximum Gasteiger partial charge on any atom is 0.328 e. The van der Waals surface area contributed by atoms with Gasteiger partial charge in [0.15, 0.2) is 0 Å². The minimum Gasteiger partial charge on any atom is -0.496 e. The molecule has 90 valence electrons. The van der Waals surface area contributed by atoms with E-state index in [4.69, 9.17) is 9.84 Å². The first kappa shape index (κ1) is 13.0. The molecule has 0 saturated heterocycles. The predicted octanol–water partition coefficient (Wildman–Crippen LogP) is 3.09. The van der Waals surface area contributed by atoms with E-state index in [1.807, 2.05) is 37.3 Å². The molecule has 0 heterocycles. The largest absolute Gasteiger partial charge is 0.496 e. The highest BCUT2D eigenvalue weighted by Crippen LogP contribution is 2.22. The van der Waals surface area contributed by atoms with E-state index in [0.717, 1.165) is 17.2 Å². The molecule has 1 N–H and O–H groups in total. The van der Waals surface area contributed by atoms with Crippen molar-refractivity contribution < 1.29 is 14.6 Å². The van der Waals surface area contributed by atoms with Crippen LogP contribution in [0.25, 0.3) is 5.76 Å². The van der Waals surface area contributed by atoms with Crippen molar-refractivity contribution in [2.24, 2.45) is 0 Å². The first-order chi connectivity index (χ1) is 8.19. The normalized spacial score (nSPS) is 12.4. The molecule has 17 heavy (non-hydrogen) atoms. The van der Waals surface area contributed by atoms with Gasteiger partial charge in [0.05, 0.1) is 7.11 Å². The molecule has 0 amide bonds. The average Bonchev–Trinajstić information content (AvgIpc) is 2.35. The lowest BCUT2D eigenvalue weighted by Crippen LogP contribution is -1.94. The van der Waals surface area contributed by atoms with Gasteiger partial charge >= 0.3 is 5.97 Å². The van der Waals surface area contributed by atoms with Gasteiger partial charge in [-0.2, -0.15) is 0 Å². The van der Waals surface area contributed by atoms with Gasteiger partial charge < -0.3 is 9.84 Å². The van der Waals surface area contributed by atoms with Crippen molar-refractivity contribution in [1.29, 1.82) is 0 Å². The molecular weight excluding hydrogens is 216 g/mol. The molecule has 0 aromatic heterocycles. The van der Waals surface area contributed by atoms with E-state index >= 15 is 0 Å². The topological polar surface area (TPSA) is 46.5 Å². The number of hydrogen-bond acceptors (Lipinski definition) is 2. The zero-order valence-electron chi connectivity index (χ0n) is 10.0. The first-order valence-electron chi connectivity index (χ1n) is 5.42. The molecule has 0 unspecified atom stereocenters. The standard InChI is InChI=1S/C14H16O3/c1-3-11(9-10-13(15)16)14(17-2)12-7-5-4-6-8-12/h4-10H,3H2,1-2H3,(H,15,16)/b10-9+,14-11+. The van der Waals surface area contributed by atoms with Crippen LogP contribution in [0.15, 0.2) is 48.1 Å². The zero-order chi connectivity index (χ0) is 12.7. The average molecular weight is 232 g/mol. The van der Waals surface area contributed by atoms with Gasteiger partial charge in [-0.1, -0.05) is 37.3 Å². The Hall–Kier alpha value is -2.03. The van der Waals surface area contributed by atoms with Crippen molar-refractivity contribution in [3.8, 4) is 0 Å². The third-order valence-corrected chi connectivity index (χ3v) is 2.34. The molecule has 0 atom stereocenters. The maximum atomic E-state index is 10.5. The van der Waals surface area contributed by atoms with E-state index < -0.39 is 5.97 Å².